The summed E-state index contributed by atoms with van der Waals surface area (Å²) in [6, 6.07) is 12.2. The number of carbonyl (C=O) groups excluding carboxylic acids is 2. The number of hydrogen-bond acceptors (Lipinski definition) is 6. The molecule has 0 spiro atoms. The number of benzene rings is 2. The van der Waals surface area contributed by atoms with Crippen LogP contribution in [0.2, 0.25) is 0 Å². The number of hydrogen-bond donors (Lipinski definition) is 1. The van der Waals surface area contributed by atoms with Crippen LogP contribution in [0.1, 0.15) is 29.2 Å². The van der Waals surface area contributed by atoms with Crippen molar-refractivity contribution in [2.24, 2.45) is 0 Å². The molecule has 1 atom stereocenters. The summed E-state index contributed by atoms with van der Waals surface area (Å²) in [4.78, 5) is 27.4. The molecule has 2 aromatic rings. The van der Waals surface area contributed by atoms with E-state index in [0.717, 1.165) is 9.87 Å². The van der Waals surface area contributed by atoms with Gasteiger partial charge < -0.3 is 14.7 Å². The highest BCUT2D eigenvalue weighted by atomic mass is 32.2. The van der Waals surface area contributed by atoms with E-state index in [4.69, 9.17) is 4.74 Å². The first-order valence-electron chi connectivity index (χ1n) is 10.5. The molecule has 0 saturated carbocycles. The maximum absolute atomic E-state index is 13.0. The van der Waals surface area contributed by atoms with Gasteiger partial charge >= 0.3 is 0 Å². The zero-order chi connectivity index (χ0) is 24.3. The van der Waals surface area contributed by atoms with Gasteiger partial charge in [0.1, 0.15) is 5.76 Å². The number of aliphatic hydroxyl groups excluding tert-OH is 1. The molecular weight excluding hydrogens is 444 g/mol. The van der Waals surface area contributed by atoms with Gasteiger partial charge in [0.2, 0.25) is 10.0 Å². The fourth-order valence-corrected chi connectivity index (χ4v) is 4.64. The highest BCUT2D eigenvalue weighted by Gasteiger charge is 2.45. The molecule has 0 unspecified atom stereocenters. The molecule has 1 fully saturated rings. The Balaban J connectivity index is 2.09. The number of aryl methyl sites for hydroxylation is 1. The Kier molecular flexibility index (Phi) is 7.36. The number of methoxy groups -OCH3 is 1. The summed E-state index contributed by atoms with van der Waals surface area (Å²) in [5.74, 6) is -1.81. The Morgan fingerprint density at radius 1 is 1.06 bits per heavy atom. The van der Waals surface area contributed by atoms with Crippen molar-refractivity contribution in [3.63, 3.8) is 0 Å². The number of Topliss-reactive ketones (excluding diaryl/α,β-unsaturated/α-hetero) is 1. The summed E-state index contributed by atoms with van der Waals surface area (Å²) in [5.41, 5.74) is 1.95. The Morgan fingerprint density at radius 2 is 1.67 bits per heavy atom. The third-order valence-corrected chi connectivity index (χ3v) is 7.42. The van der Waals surface area contributed by atoms with Crippen LogP contribution in [0.3, 0.4) is 0 Å². The number of carbonyl (C=O) groups is 2. The number of amides is 1. The number of rotatable bonds is 8. The highest BCUT2D eigenvalue weighted by molar-refractivity contribution is 7.89. The minimum Gasteiger partial charge on any atom is -0.507 e. The van der Waals surface area contributed by atoms with Gasteiger partial charge in [-0.15, -0.1) is 0 Å². The zero-order valence-corrected chi connectivity index (χ0v) is 19.9. The SMILES string of the molecule is COCCCN1C(=O)C(=O)C(=C(O)c2ccc(S(=O)(=O)N(C)C)cc2)[C@H]1c1ccc(C)cc1. The molecule has 0 aromatic heterocycles. The molecular formula is C24H28N2O6S. The third kappa shape index (κ3) is 4.85. The standard InChI is InChI=1S/C24H28N2O6S/c1-16-6-8-17(9-7-16)21-20(23(28)24(29)26(21)14-5-15-32-4)22(27)18-10-12-19(13-11-18)33(30,31)25(2)3/h6-13,21,27H,5,14-15H2,1-4H3/t21-/m1/s1. The number of ether oxygens (including phenoxy) is 1. The summed E-state index contributed by atoms with van der Waals surface area (Å²) < 4.78 is 30.8. The Hall–Kier alpha value is -3.01. The molecule has 1 N–H and O–H groups in total. The van der Waals surface area contributed by atoms with Crippen molar-refractivity contribution in [3.05, 3.63) is 70.8 Å². The lowest BCUT2D eigenvalue weighted by Crippen LogP contribution is -2.31. The van der Waals surface area contributed by atoms with Crippen molar-refractivity contribution < 1.29 is 27.9 Å². The van der Waals surface area contributed by atoms with E-state index in [0.29, 0.717) is 18.6 Å². The number of likely N-dealkylation sites (tertiary alicyclic amines) is 1. The quantitative estimate of drug-likeness (QED) is 0.274. The van der Waals surface area contributed by atoms with Gasteiger partial charge in [-0.3, -0.25) is 9.59 Å². The second kappa shape index (κ2) is 9.86. The van der Waals surface area contributed by atoms with Gasteiger partial charge in [0.15, 0.2) is 0 Å². The lowest BCUT2D eigenvalue weighted by molar-refractivity contribution is -0.140. The Morgan fingerprint density at radius 3 is 2.21 bits per heavy atom. The number of ketones is 1. The normalized spacial score (nSPS) is 18.3. The average Bonchev–Trinajstić information content (AvgIpc) is 3.04. The van der Waals surface area contributed by atoms with Crippen molar-refractivity contribution in [2.75, 3.05) is 34.4 Å². The minimum atomic E-state index is -3.64. The first-order chi connectivity index (χ1) is 15.6. The first-order valence-corrected chi connectivity index (χ1v) is 11.9. The van der Waals surface area contributed by atoms with Crippen LogP contribution in [-0.2, 0) is 24.3 Å². The monoisotopic (exact) mass is 472 g/mol. The summed E-state index contributed by atoms with van der Waals surface area (Å²) in [5, 5.41) is 11.1. The number of nitrogens with zero attached hydrogens (tertiary/aromatic N) is 2. The van der Waals surface area contributed by atoms with E-state index in [2.05, 4.69) is 0 Å². The van der Waals surface area contributed by atoms with E-state index >= 15 is 0 Å². The average molecular weight is 473 g/mol. The molecule has 0 radical (unpaired) electrons. The molecule has 3 rings (SSSR count). The first kappa shape index (κ1) is 24.6. The van der Waals surface area contributed by atoms with Gasteiger partial charge in [-0.1, -0.05) is 29.8 Å². The molecule has 1 aliphatic heterocycles. The molecule has 1 aliphatic rings. The van der Waals surface area contributed by atoms with E-state index < -0.39 is 27.8 Å². The van der Waals surface area contributed by atoms with Gasteiger partial charge in [-0.2, -0.15) is 0 Å². The number of aliphatic hydroxyl groups is 1. The smallest absolute Gasteiger partial charge is 0.295 e. The Labute approximate surface area is 194 Å². The van der Waals surface area contributed by atoms with Crippen LogP contribution in [-0.4, -0.2) is 68.8 Å². The van der Waals surface area contributed by atoms with Crippen molar-refractivity contribution >= 4 is 27.5 Å². The molecule has 2 aromatic carbocycles. The topological polar surface area (TPSA) is 104 Å². The highest BCUT2D eigenvalue weighted by Crippen LogP contribution is 2.39. The molecule has 33 heavy (non-hydrogen) atoms. The van der Waals surface area contributed by atoms with E-state index in [1.54, 1.807) is 7.11 Å². The van der Waals surface area contributed by atoms with Crippen molar-refractivity contribution in [1.82, 2.24) is 9.21 Å². The fraction of sp³-hybridized carbons (Fsp3) is 0.333. The second-order valence-electron chi connectivity index (χ2n) is 8.06. The van der Waals surface area contributed by atoms with Crippen LogP contribution >= 0.6 is 0 Å². The van der Waals surface area contributed by atoms with Crippen molar-refractivity contribution in [3.8, 4) is 0 Å². The van der Waals surface area contributed by atoms with Gasteiger partial charge in [-0.05, 0) is 43.2 Å². The summed E-state index contributed by atoms with van der Waals surface area (Å²) in [6.45, 7) is 2.64. The van der Waals surface area contributed by atoms with Crippen molar-refractivity contribution in [2.45, 2.75) is 24.3 Å². The van der Waals surface area contributed by atoms with E-state index in [-0.39, 0.29) is 28.3 Å². The largest absolute Gasteiger partial charge is 0.507 e. The maximum atomic E-state index is 13.0. The zero-order valence-electron chi connectivity index (χ0n) is 19.1. The summed E-state index contributed by atoms with van der Waals surface area (Å²) in [7, 11) is 0.771. The molecule has 176 valence electrons. The lowest BCUT2D eigenvalue weighted by Gasteiger charge is -2.25. The predicted molar refractivity (Wildman–Crippen MR) is 124 cm³/mol. The molecule has 9 heteroatoms. The van der Waals surface area contributed by atoms with Crippen LogP contribution < -0.4 is 0 Å². The molecule has 0 aliphatic carbocycles. The molecule has 1 saturated heterocycles. The fourth-order valence-electron chi connectivity index (χ4n) is 3.74. The van der Waals surface area contributed by atoms with Crippen LogP contribution in [0.4, 0.5) is 0 Å². The van der Waals surface area contributed by atoms with Crippen molar-refractivity contribution in [1.29, 1.82) is 0 Å². The van der Waals surface area contributed by atoms with Crippen LogP contribution in [0, 0.1) is 6.92 Å². The van der Waals surface area contributed by atoms with Gasteiger partial charge in [0.25, 0.3) is 11.7 Å². The molecule has 0 bridgehead atoms. The Bertz CT molecular complexity index is 1170. The van der Waals surface area contributed by atoms with E-state index in [1.165, 1.54) is 43.3 Å². The summed E-state index contributed by atoms with van der Waals surface area (Å²) >= 11 is 0. The van der Waals surface area contributed by atoms with Gasteiger partial charge in [0, 0.05) is 39.9 Å². The van der Waals surface area contributed by atoms with E-state index in [9.17, 15) is 23.1 Å². The second-order valence-corrected chi connectivity index (χ2v) is 10.2. The third-order valence-electron chi connectivity index (χ3n) is 5.59. The van der Waals surface area contributed by atoms with Crippen LogP contribution in [0.15, 0.2) is 59.0 Å². The van der Waals surface area contributed by atoms with Crippen LogP contribution in [0.25, 0.3) is 5.76 Å². The lowest BCUT2D eigenvalue weighted by atomic mass is 9.94. The molecule has 1 amide bonds. The van der Waals surface area contributed by atoms with Gasteiger partial charge in [0.05, 0.1) is 16.5 Å². The maximum Gasteiger partial charge on any atom is 0.295 e. The van der Waals surface area contributed by atoms with Crippen LogP contribution in [0.5, 0.6) is 0 Å². The van der Waals surface area contributed by atoms with Gasteiger partial charge in [-0.25, -0.2) is 12.7 Å². The number of sulfonamides is 1. The predicted octanol–water partition coefficient (Wildman–Crippen LogP) is 2.70. The summed E-state index contributed by atoms with van der Waals surface area (Å²) in [6.07, 6.45) is 0.531. The minimum absolute atomic E-state index is 0.0236. The molecule has 8 nitrogen and oxygen atoms in total. The molecule has 1 heterocycles. The van der Waals surface area contributed by atoms with E-state index in [1.807, 2.05) is 31.2 Å².